The minimum atomic E-state index is -4.40. The fourth-order valence-corrected chi connectivity index (χ4v) is 7.31. The molecular weight excluding hydrogens is 786 g/mol. The number of unbranched alkanes of at least 4 members (excludes halogenated alkanes) is 20. The van der Waals surface area contributed by atoms with E-state index in [2.05, 4.69) is 74.6 Å². The van der Waals surface area contributed by atoms with E-state index < -0.39 is 32.5 Å². The number of phosphoric ester groups is 1. The topological polar surface area (TPSA) is 134 Å². The molecule has 0 aromatic rings. The van der Waals surface area contributed by atoms with Crippen LogP contribution in [0.5, 0.6) is 0 Å². The van der Waals surface area contributed by atoms with Crippen LogP contribution in [-0.4, -0.2) is 49.3 Å². The van der Waals surface area contributed by atoms with Gasteiger partial charge in [0.05, 0.1) is 13.2 Å². The van der Waals surface area contributed by atoms with E-state index in [0.717, 1.165) is 57.8 Å². The highest BCUT2D eigenvalue weighted by Gasteiger charge is 2.25. The van der Waals surface area contributed by atoms with E-state index in [-0.39, 0.29) is 32.6 Å². The minimum absolute atomic E-state index is 0.0398. The van der Waals surface area contributed by atoms with Crippen LogP contribution in [0.3, 0.4) is 0 Å². The Labute approximate surface area is 373 Å². The van der Waals surface area contributed by atoms with E-state index in [1.54, 1.807) is 0 Å². The first-order valence-electron chi connectivity index (χ1n) is 24.4. The summed E-state index contributed by atoms with van der Waals surface area (Å²) in [4.78, 5) is 35.0. The highest BCUT2D eigenvalue weighted by atomic mass is 31.2. The average molecular weight is 876 g/mol. The van der Waals surface area contributed by atoms with Gasteiger partial charge < -0.3 is 20.1 Å². The van der Waals surface area contributed by atoms with Crippen LogP contribution in [0.1, 0.15) is 206 Å². The molecule has 0 fully saturated rings. The van der Waals surface area contributed by atoms with E-state index in [9.17, 15) is 19.0 Å². The summed E-state index contributed by atoms with van der Waals surface area (Å²) in [6, 6.07) is 0. The second-order valence-corrected chi connectivity index (χ2v) is 17.4. The Kier molecular flexibility index (Phi) is 45.0. The maximum absolute atomic E-state index is 12.6. The fourth-order valence-electron chi connectivity index (χ4n) is 6.54. The number of rotatable bonds is 45. The molecule has 0 spiro atoms. The third-order valence-electron chi connectivity index (χ3n) is 10.1. The Morgan fingerprint density at radius 2 is 0.902 bits per heavy atom. The zero-order chi connectivity index (χ0) is 44.6. The van der Waals surface area contributed by atoms with E-state index in [0.29, 0.717) is 6.42 Å². The normalized spacial score (nSPS) is 13.8. The monoisotopic (exact) mass is 876 g/mol. The van der Waals surface area contributed by atoms with Crippen LogP contribution >= 0.6 is 7.82 Å². The van der Waals surface area contributed by atoms with Crippen molar-refractivity contribution in [2.24, 2.45) is 5.73 Å². The van der Waals surface area contributed by atoms with E-state index in [1.165, 1.54) is 116 Å². The molecule has 2 atom stereocenters. The van der Waals surface area contributed by atoms with Gasteiger partial charge in [0.15, 0.2) is 6.10 Å². The highest BCUT2D eigenvalue weighted by Crippen LogP contribution is 2.43. The van der Waals surface area contributed by atoms with E-state index in [4.69, 9.17) is 24.3 Å². The number of carbonyl (C=O) groups is 2. The number of hydrogen-bond donors (Lipinski definition) is 2. The highest BCUT2D eigenvalue weighted by molar-refractivity contribution is 7.47. The number of ether oxygens (including phenoxy) is 2. The van der Waals surface area contributed by atoms with Crippen molar-refractivity contribution in [2.75, 3.05) is 26.4 Å². The molecule has 3 N–H and O–H groups in total. The number of carbonyl (C=O) groups excluding carboxylic acids is 2. The molecule has 1 unspecified atom stereocenters. The second-order valence-electron chi connectivity index (χ2n) is 16.0. The molecule has 10 heteroatoms. The molecule has 0 aliphatic rings. The third kappa shape index (κ3) is 46.8. The van der Waals surface area contributed by atoms with Gasteiger partial charge in [-0.2, -0.15) is 0 Å². The lowest BCUT2D eigenvalue weighted by Gasteiger charge is -2.19. The molecule has 0 aliphatic heterocycles. The summed E-state index contributed by atoms with van der Waals surface area (Å²) in [5, 5.41) is 0. The van der Waals surface area contributed by atoms with Crippen molar-refractivity contribution in [1.29, 1.82) is 0 Å². The van der Waals surface area contributed by atoms with Crippen LogP contribution < -0.4 is 5.73 Å². The molecule has 0 bridgehead atoms. The summed E-state index contributed by atoms with van der Waals surface area (Å²) in [6.45, 7) is 3.55. The van der Waals surface area contributed by atoms with Gasteiger partial charge in [-0.3, -0.25) is 18.6 Å². The van der Waals surface area contributed by atoms with Gasteiger partial charge in [0.2, 0.25) is 0 Å². The van der Waals surface area contributed by atoms with Gasteiger partial charge in [0, 0.05) is 19.4 Å². The number of esters is 2. The van der Waals surface area contributed by atoms with Crippen LogP contribution in [0.25, 0.3) is 0 Å². The number of nitrogens with two attached hydrogens (primary N) is 1. The quantitative estimate of drug-likeness (QED) is 0.0265. The Hall–Kier alpha value is -2.55. The molecule has 0 aromatic heterocycles. The Bertz CT molecular complexity index is 1230. The molecule has 0 heterocycles. The molecule has 61 heavy (non-hydrogen) atoms. The van der Waals surface area contributed by atoms with Crippen molar-refractivity contribution < 1.29 is 37.6 Å². The Morgan fingerprint density at radius 1 is 0.508 bits per heavy atom. The standard InChI is InChI=1S/C51H90NO8P/c1-3-5-7-9-11-13-15-17-19-21-23-24-26-27-29-31-33-35-37-39-41-43-50(53)57-47-49(48-59-61(55,56)58-46-45-52)60-51(54)44-42-40-38-36-34-32-30-28-25-22-20-18-16-14-12-10-8-6-4-2/h6,8,12,14,18,20,25,28,32,34,38,40,49H,3-5,7,9-11,13,15-17,19,21-24,26-27,29-31,33,35-37,39,41-48,52H2,1-2H3,(H,55,56)/b8-6+,14-12+,20-18+,28-25+,34-32+,40-38+/t49-/m1/s1. The molecule has 0 saturated carbocycles. The van der Waals surface area contributed by atoms with Crippen molar-refractivity contribution in [1.82, 2.24) is 0 Å². The predicted molar refractivity (Wildman–Crippen MR) is 256 cm³/mol. The predicted octanol–water partition coefficient (Wildman–Crippen LogP) is 14.6. The zero-order valence-corrected chi connectivity index (χ0v) is 39.8. The fraction of sp³-hybridized carbons (Fsp3) is 0.725. The number of hydrogen-bond acceptors (Lipinski definition) is 8. The molecule has 0 radical (unpaired) electrons. The van der Waals surface area contributed by atoms with E-state index in [1.807, 2.05) is 12.2 Å². The average Bonchev–Trinajstić information content (AvgIpc) is 3.25. The van der Waals surface area contributed by atoms with Crippen LogP contribution in [0.15, 0.2) is 72.9 Å². The van der Waals surface area contributed by atoms with Gasteiger partial charge in [0.1, 0.15) is 6.61 Å². The SMILES string of the molecule is CC/C=C/C/C=C/C/C=C/C/C=C/C/C=C/C/C=C/CCC(=O)O[C@H](COC(=O)CCCCCCCCCCCCCCCCCCCCCCC)COP(=O)(O)OCCN. The summed E-state index contributed by atoms with van der Waals surface area (Å²) in [6.07, 6.45) is 58.2. The molecule has 0 saturated heterocycles. The first-order chi connectivity index (χ1) is 29.8. The van der Waals surface area contributed by atoms with Crippen molar-refractivity contribution >= 4 is 19.8 Å². The first-order valence-corrected chi connectivity index (χ1v) is 25.9. The van der Waals surface area contributed by atoms with Crippen LogP contribution in [0.4, 0.5) is 0 Å². The van der Waals surface area contributed by atoms with Crippen molar-refractivity contribution in [3.63, 3.8) is 0 Å². The molecular formula is C51H90NO8P. The van der Waals surface area contributed by atoms with Gasteiger partial charge in [-0.1, -0.05) is 215 Å². The molecule has 0 rings (SSSR count). The Morgan fingerprint density at radius 3 is 1.31 bits per heavy atom. The summed E-state index contributed by atoms with van der Waals surface area (Å²) < 4.78 is 32.8. The molecule has 0 aliphatic carbocycles. The number of phosphoric acid groups is 1. The third-order valence-corrected chi connectivity index (χ3v) is 11.1. The van der Waals surface area contributed by atoms with Crippen LogP contribution in [0, 0.1) is 0 Å². The molecule has 9 nitrogen and oxygen atoms in total. The maximum atomic E-state index is 12.6. The van der Waals surface area contributed by atoms with Gasteiger partial charge >= 0.3 is 19.8 Å². The summed E-state index contributed by atoms with van der Waals surface area (Å²) in [5.74, 6) is -0.924. The van der Waals surface area contributed by atoms with Crippen LogP contribution in [-0.2, 0) is 32.7 Å². The first kappa shape index (κ1) is 58.5. The van der Waals surface area contributed by atoms with Crippen molar-refractivity contribution in [3.8, 4) is 0 Å². The molecule has 0 amide bonds. The summed E-state index contributed by atoms with van der Waals surface area (Å²) in [5.41, 5.74) is 5.35. The molecule has 0 aromatic carbocycles. The van der Waals surface area contributed by atoms with Gasteiger partial charge in [0.25, 0.3) is 0 Å². The number of allylic oxidation sites excluding steroid dienone is 12. The lowest BCUT2D eigenvalue weighted by atomic mass is 10.0. The van der Waals surface area contributed by atoms with E-state index >= 15 is 0 Å². The van der Waals surface area contributed by atoms with Gasteiger partial charge in [-0.05, 0) is 51.4 Å². The largest absolute Gasteiger partial charge is 0.472 e. The zero-order valence-electron chi connectivity index (χ0n) is 38.9. The summed E-state index contributed by atoms with van der Waals surface area (Å²) in [7, 11) is -4.40. The smallest absolute Gasteiger partial charge is 0.462 e. The van der Waals surface area contributed by atoms with Crippen molar-refractivity contribution in [3.05, 3.63) is 72.9 Å². The lowest BCUT2D eigenvalue weighted by Crippen LogP contribution is -2.29. The van der Waals surface area contributed by atoms with Crippen molar-refractivity contribution in [2.45, 2.75) is 213 Å². The van der Waals surface area contributed by atoms with Gasteiger partial charge in [-0.15, -0.1) is 0 Å². The second kappa shape index (κ2) is 46.9. The molecule has 352 valence electrons. The maximum Gasteiger partial charge on any atom is 0.472 e. The summed E-state index contributed by atoms with van der Waals surface area (Å²) >= 11 is 0. The van der Waals surface area contributed by atoms with Crippen LogP contribution in [0.2, 0.25) is 0 Å². The lowest BCUT2D eigenvalue weighted by molar-refractivity contribution is -0.161. The minimum Gasteiger partial charge on any atom is -0.462 e. The van der Waals surface area contributed by atoms with Gasteiger partial charge in [-0.25, -0.2) is 4.57 Å². The Balaban J connectivity index is 4.17.